The van der Waals surface area contributed by atoms with Crippen molar-refractivity contribution >= 4 is 11.6 Å². The van der Waals surface area contributed by atoms with Crippen LogP contribution in [0.15, 0.2) is 42.5 Å². The van der Waals surface area contributed by atoms with Gasteiger partial charge in [0.1, 0.15) is 0 Å². The molecule has 1 aliphatic rings. The molecule has 2 aromatic carbocycles. The maximum atomic E-state index is 12.2. The van der Waals surface area contributed by atoms with Crippen LogP contribution in [0.2, 0.25) is 0 Å². The minimum atomic E-state index is -0.167. The van der Waals surface area contributed by atoms with Crippen molar-refractivity contribution in [3.63, 3.8) is 0 Å². The van der Waals surface area contributed by atoms with Crippen molar-refractivity contribution in [1.82, 2.24) is 0 Å². The summed E-state index contributed by atoms with van der Waals surface area (Å²) >= 11 is 0. The third kappa shape index (κ3) is 2.57. The number of rotatable bonds is 3. The highest BCUT2D eigenvalue weighted by atomic mass is 16.2. The van der Waals surface area contributed by atoms with E-state index in [9.17, 15) is 4.79 Å². The molecule has 0 spiro atoms. The summed E-state index contributed by atoms with van der Waals surface area (Å²) in [6.07, 6.45) is 0.482. The van der Waals surface area contributed by atoms with Gasteiger partial charge in [-0.3, -0.25) is 4.79 Å². The zero-order valence-corrected chi connectivity index (χ0v) is 12.5. The van der Waals surface area contributed by atoms with Crippen LogP contribution in [0.1, 0.15) is 28.3 Å². The van der Waals surface area contributed by atoms with Crippen LogP contribution in [0.4, 0.5) is 5.69 Å². The van der Waals surface area contributed by atoms with Crippen LogP contribution in [-0.2, 0) is 11.2 Å². The molecule has 108 valence electrons. The van der Waals surface area contributed by atoms with E-state index in [0.717, 1.165) is 16.8 Å². The summed E-state index contributed by atoms with van der Waals surface area (Å²) in [5, 5.41) is 0. The monoisotopic (exact) mass is 280 g/mol. The smallest absolute Gasteiger partial charge is 0.231 e. The molecule has 0 saturated carbocycles. The largest absolute Gasteiger partial charge is 0.322 e. The normalized spacial score (nSPS) is 15.2. The summed E-state index contributed by atoms with van der Waals surface area (Å²) < 4.78 is 0. The summed E-state index contributed by atoms with van der Waals surface area (Å²) in [4.78, 5) is 14.0. The Labute approximate surface area is 125 Å². The van der Waals surface area contributed by atoms with Gasteiger partial charge in [-0.05, 0) is 36.6 Å². The summed E-state index contributed by atoms with van der Waals surface area (Å²) in [7, 11) is 0. The second-order valence-corrected chi connectivity index (χ2v) is 5.78. The van der Waals surface area contributed by atoms with Crippen LogP contribution in [0, 0.1) is 13.8 Å². The van der Waals surface area contributed by atoms with Crippen LogP contribution in [0.25, 0.3) is 0 Å². The van der Waals surface area contributed by atoms with E-state index in [1.165, 1.54) is 11.1 Å². The molecule has 0 aliphatic carbocycles. The summed E-state index contributed by atoms with van der Waals surface area (Å²) in [6.45, 7) is 4.65. The maximum Gasteiger partial charge on any atom is 0.231 e. The van der Waals surface area contributed by atoms with Crippen LogP contribution < -0.4 is 10.6 Å². The van der Waals surface area contributed by atoms with Gasteiger partial charge in [0, 0.05) is 18.3 Å². The molecular weight excluding hydrogens is 260 g/mol. The molecule has 1 heterocycles. The van der Waals surface area contributed by atoms with Gasteiger partial charge in [0.15, 0.2) is 0 Å². The van der Waals surface area contributed by atoms with E-state index < -0.39 is 0 Å². The van der Waals surface area contributed by atoms with E-state index in [-0.39, 0.29) is 11.9 Å². The highest BCUT2D eigenvalue weighted by Crippen LogP contribution is 2.30. The van der Waals surface area contributed by atoms with E-state index in [0.29, 0.717) is 13.0 Å². The molecule has 0 aromatic heterocycles. The molecule has 1 unspecified atom stereocenters. The van der Waals surface area contributed by atoms with Gasteiger partial charge in [-0.25, -0.2) is 0 Å². The van der Waals surface area contributed by atoms with Crippen molar-refractivity contribution in [2.45, 2.75) is 26.3 Å². The fraction of sp³-hybridized carbons (Fsp3) is 0.278. The molecule has 0 bridgehead atoms. The minimum Gasteiger partial charge on any atom is -0.322 e. The number of aryl methyl sites for hydroxylation is 2. The third-order valence-electron chi connectivity index (χ3n) is 4.14. The molecule has 3 heteroatoms. The zero-order valence-electron chi connectivity index (χ0n) is 12.5. The lowest BCUT2D eigenvalue weighted by molar-refractivity contribution is -0.117. The lowest BCUT2D eigenvalue weighted by atomic mass is 9.99. The van der Waals surface area contributed by atoms with E-state index >= 15 is 0 Å². The zero-order chi connectivity index (χ0) is 15.0. The first-order chi connectivity index (χ1) is 10.1. The predicted molar refractivity (Wildman–Crippen MR) is 85.3 cm³/mol. The summed E-state index contributed by atoms with van der Waals surface area (Å²) in [5.41, 5.74) is 12.0. The van der Waals surface area contributed by atoms with E-state index in [1.807, 2.05) is 29.2 Å². The van der Waals surface area contributed by atoms with Crippen molar-refractivity contribution in [3.8, 4) is 0 Å². The standard InChI is InChI=1S/C18H20N2O/c1-12-7-8-13(2)15(9-12)16(19)11-20-17-6-4-3-5-14(17)10-18(20)21/h3-9,16H,10-11,19H2,1-2H3. The molecule has 1 atom stereocenters. The maximum absolute atomic E-state index is 12.2. The topological polar surface area (TPSA) is 46.3 Å². The highest BCUT2D eigenvalue weighted by Gasteiger charge is 2.28. The Balaban J connectivity index is 1.87. The van der Waals surface area contributed by atoms with Crippen LogP contribution in [0.5, 0.6) is 0 Å². The summed E-state index contributed by atoms with van der Waals surface area (Å²) in [6, 6.07) is 14.1. The molecule has 0 saturated heterocycles. The molecule has 2 aromatic rings. The lowest BCUT2D eigenvalue weighted by Gasteiger charge is -2.23. The number of amides is 1. The first kappa shape index (κ1) is 13.8. The minimum absolute atomic E-state index is 0.136. The van der Waals surface area contributed by atoms with Gasteiger partial charge in [0.25, 0.3) is 0 Å². The molecule has 0 fully saturated rings. The summed E-state index contributed by atoms with van der Waals surface area (Å²) in [5.74, 6) is 0.136. The van der Waals surface area contributed by atoms with Crippen LogP contribution in [-0.4, -0.2) is 12.5 Å². The van der Waals surface area contributed by atoms with Crippen molar-refractivity contribution in [3.05, 3.63) is 64.7 Å². The number of anilines is 1. The number of hydrogen-bond acceptors (Lipinski definition) is 2. The molecule has 3 rings (SSSR count). The molecular formula is C18H20N2O. The van der Waals surface area contributed by atoms with Gasteiger partial charge in [-0.2, -0.15) is 0 Å². The SMILES string of the molecule is Cc1ccc(C)c(C(N)CN2C(=O)Cc3ccccc32)c1. The van der Waals surface area contributed by atoms with Gasteiger partial charge in [0.05, 0.1) is 6.42 Å². The molecule has 0 radical (unpaired) electrons. The predicted octanol–water partition coefficient (Wildman–Crippen LogP) is 2.89. The van der Waals surface area contributed by atoms with E-state index in [4.69, 9.17) is 5.73 Å². The fourth-order valence-corrected chi connectivity index (χ4v) is 2.97. The van der Waals surface area contributed by atoms with E-state index in [1.54, 1.807) is 0 Å². The third-order valence-corrected chi connectivity index (χ3v) is 4.14. The van der Waals surface area contributed by atoms with Crippen molar-refractivity contribution in [2.24, 2.45) is 5.73 Å². The molecule has 2 N–H and O–H groups in total. The quantitative estimate of drug-likeness (QED) is 0.939. The van der Waals surface area contributed by atoms with Gasteiger partial charge in [-0.15, -0.1) is 0 Å². The van der Waals surface area contributed by atoms with Crippen molar-refractivity contribution < 1.29 is 4.79 Å². The van der Waals surface area contributed by atoms with Crippen LogP contribution >= 0.6 is 0 Å². The first-order valence-corrected chi connectivity index (χ1v) is 7.27. The van der Waals surface area contributed by atoms with E-state index in [2.05, 4.69) is 32.0 Å². The Kier molecular flexibility index (Phi) is 3.52. The molecule has 3 nitrogen and oxygen atoms in total. The number of para-hydroxylation sites is 1. The number of benzene rings is 2. The Morgan fingerprint density at radius 2 is 1.95 bits per heavy atom. The Bertz CT molecular complexity index is 693. The number of carbonyl (C=O) groups excluding carboxylic acids is 1. The first-order valence-electron chi connectivity index (χ1n) is 7.27. The lowest BCUT2D eigenvalue weighted by Crippen LogP contribution is -2.34. The van der Waals surface area contributed by atoms with Crippen molar-refractivity contribution in [1.29, 1.82) is 0 Å². The second kappa shape index (κ2) is 5.34. The van der Waals surface area contributed by atoms with Crippen molar-refractivity contribution in [2.75, 3.05) is 11.4 Å². The fourth-order valence-electron chi connectivity index (χ4n) is 2.97. The number of nitrogens with zero attached hydrogens (tertiary/aromatic N) is 1. The number of nitrogens with two attached hydrogens (primary N) is 1. The Morgan fingerprint density at radius 1 is 1.19 bits per heavy atom. The Hall–Kier alpha value is -2.13. The second-order valence-electron chi connectivity index (χ2n) is 5.78. The average molecular weight is 280 g/mol. The van der Waals surface area contributed by atoms with Gasteiger partial charge in [0.2, 0.25) is 5.91 Å². The highest BCUT2D eigenvalue weighted by molar-refractivity contribution is 6.01. The van der Waals surface area contributed by atoms with Gasteiger partial charge >= 0.3 is 0 Å². The van der Waals surface area contributed by atoms with Gasteiger partial charge in [-0.1, -0.05) is 42.0 Å². The molecule has 1 aliphatic heterocycles. The molecule has 1 amide bonds. The average Bonchev–Trinajstić information content (AvgIpc) is 2.78. The number of carbonyl (C=O) groups is 1. The molecule has 21 heavy (non-hydrogen) atoms. The van der Waals surface area contributed by atoms with Crippen LogP contribution in [0.3, 0.4) is 0 Å². The number of fused-ring (bicyclic) bond motifs is 1. The van der Waals surface area contributed by atoms with Gasteiger partial charge < -0.3 is 10.6 Å². The Morgan fingerprint density at radius 3 is 2.76 bits per heavy atom. The number of hydrogen-bond donors (Lipinski definition) is 1.